The Balaban J connectivity index is 2.54. The summed E-state index contributed by atoms with van der Waals surface area (Å²) in [6, 6.07) is 0. The van der Waals surface area contributed by atoms with Gasteiger partial charge in [0.05, 0.1) is 6.61 Å². The van der Waals surface area contributed by atoms with Crippen LogP contribution >= 0.6 is 11.8 Å². The summed E-state index contributed by atoms with van der Waals surface area (Å²) < 4.78 is 6.99. The molecule has 0 radical (unpaired) electrons. The Morgan fingerprint density at radius 3 is 2.84 bits per heavy atom. The molecule has 0 aliphatic rings. The third-order valence-electron chi connectivity index (χ3n) is 2.80. The van der Waals surface area contributed by atoms with Gasteiger partial charge in [-0.2, -0.15) is 0 Å². The highest BCUT2D eigenvalue weighted by atomic mass is 32.2. The molecule has 0 saturated heterocycles. The number of hydrogen-bond donors (Lipinski definition) is 1. The molecule has 6 nitrogen and oxygen atoms in total. The van der Waals surface area contributed by atoms with Crippen LogP contribution < -0.4 is 5.32 Å². The molecule has 0 aromatic carbocycles. The molecule has 1 rings (SSSR count). The fraction of sp³-hybridized carbons (Fsp3) is 0.750. The molecule has 1 aromatic heterocycles. The molecule has 1 N–H and O–H groups in total. The quantitative estimate of drug-likeness (QED) is 0.572. The monoisotopic (exact) mass is 286 g/mol. The van der Waals surface area contributed by atoms with E-state index in [1.807, 2.05) is 32.4 Å². The van der Waals surface area contributed by atoms with Crippen molar-refractivity contribution in [1.82, 2.24) is 20.1 Å². The molecule has 7 heteroatoms. The van der Waals surface area contributed by atoms with Crippen LogP contribution in [0.4, 0.5) is 0 Å². The molecule has 0 fully saturated rings. The van der Waals surface area contributed by atoms with Gasteiger partial charge in [0.25, 0.3) is 0 Å². The molecule has 1 heterocycles. The van der Waals surface area contributed by atoms with Crippen molar-refractivity contribution in [2.45, 2.75) is 37.9 Å². The molecule has 0 spiro atoms. The van der Waals surface area contributed by atoms with Gasteiger partial charge in [0, 0.05) is 12.8 Å². The first kappa shape index (κ1) is 16.0. The molecular formula is C12H22N4O2S. The van der Waals surface area contributed by atoms with Gasteiger partial charge < -0.3 is 14.6 Å². The van der Waals surface area contributed by atoms with E-state index in [4.69, 9.17) is 4.74 Å². The van der Waals surface area contributed by atoms with Crippen LogP contribution in [0.25, 0.3) is 0 Å². The van der Waals surface area contributed by atoms with Gasteiger partial charge in [0.2, 0.25) is 0 Å². The van der Waals surface area contributed by atoms with Gasteiger partial charge in [-0.05, 0) is 26.8 Å². The minimum absolute atomic E-state index is 0.199. The van der Waals surface area contributed by atoms with Crippen LogP contribution in [-0.2, 0) is 16.6 Å². The molecule has 0 aliphatic heterocycles. The van der Waals surface area contributed by atoms with Crippen molar-refractivity contribution in [3.05, 3.63) is 6.33 Å². The van der Waals surface area contributed by atoms with Crippen LogP contribution in [0.5, 0.6) is 0 Å². The Morgan fingerprint density at radius 2 is 2.32 bits per heavy atom. The maximum absolute atomic E-state index is 12.0. The summed E-state index contributed by atoms with van der Waals surface area (Å²) in [5.41, 5.74) is -0.643. The zero-order valence-corrected chi connectivity index (χ0v) is 12.8. The van der Waals surface area contributed by atoms with E-state index < -0.39 is 5.54 Å². The van der Waals surface area contributed by atoms with E-state index in [-0.39, 0.29) is 5.97 Å². The van der Waals surface area contributed by atoms with Crippen LogP contribution in [-0.4, -0.2) is 45.2 Å². The molecule has 1 atom stereocenters. The van der Waals surface area contributed by atoms with Crippen LogP contribution in [0.1, 0.15) is 27.2 Å². The van der Waals surface area contributed by atoms with Gasteiger partial charge in [-0.15, -0.1) is 10.2 Å². The Hall–Kier alpha value is -1.08. The molecular weight excluding hydrogens is 264 g/mol. The normalized spacial score (nSPS) is 14.1. The van der Waals surface area contributed by atoms with Gasteiger partial charge >= 0.3 is 5.97 Å². The lowest BCUT2D eigenvalue weighted by atomic mass is 9.99. The fourth-order valence-electron chi connectivity index (χ4n) is 1.69. The van der Waals surface area contributed by atoms with Crippen LogP contribution in [0.15, 0.2) is 11.5 Å². The number of nitrogens with one attached hydrogen (secondary N) is 1. The number of thioether (sulfide) groups is 1. The molecule has 0 amide bonds. The third-order valence-corrected chi connectivity index (χ3v) is 3.83. The van der Waals surface area contributed by atoms with Crippen molar-refractivity contribution >= 4 is 17.7 Å². The lowest BCUT2D eigenvalue weighted by Crippen LogP contribution is -2.50. The Bertz CT molecular complexity index is 410. The van der Waals surface area contributed by atoms with E-state index in [0.717, 1.165) is 17.5 Å². The van der Waals surface area contributed by atoms with Crippen molar-refractivity contribution in [2.24, 2.45) is 7.05 Å². The summed E-state index contributed by atoms with van der Waals surface area (Å²) in [6.07, 6.45) is 2.34. The lowest BCUT2D eigenvalue weighted by Gasteiger charge is -2.27. The highest BCUT2D eigenvalue weighted by molar-refractivity contribution is 7.99. The zero-order chi connectivity index (χ0) is 14.3. The van der Waals surface area contributed by atoms with Crippen molar-refractivity contribution in [1.29, 1.82) is 0 Å². The van der Waals surface area contributed by atoms with E-state index in [1.165, 1.54) is 0 Å². The first-order chi connectivity index (χ1) is 9.03. The summed E-state index contributed by atoms with van der Waals surface area (Å²) in [5, 5.41) is 11.9. The number of aromatic nitrogens is 3. The predicted octanol–water partition coefficient (Wildman–Crippen LogP) is 1.23. The van der Waals surface area contributed by atoms with E-state index >= 15 is 0 Å². The topological polar surface area (TPSA) is 69.0 Å². The van der Waals surface area contributed by atoms with Gasteiger partial charge in [0.15, 0.2) is 5.16 Å². The van der Waals surface area contributed by atoms with Crippen LogP contribution in [0, 0.1) is 0 Å². The number of carbonyl (C=O) groups is 1. The minimum Gasteiger partial charge on any atom is -0.465 e. The number of likely N-dealkylation sites (N-methyl/N-ethyl adjacent to an activating group) is 1. The average molecular weight is 286 g/mol. The molecule has 0 saturated carbocycles. The lowest BCUT2D eigenvalue weighted by molar-refractivity contribution is -0.150. The minimum atomic E-state index is -0.643. The number of esters is 1. The van der Waals surface area contributed by atoms with Gasteiger partial charge in [-0.1, -0.05) is 18.7 Å². The van der Waals surface area contributed by atoms with Crippen molar-refractivity contribution in [3.63, 3.8) is 0 Å². The zero-order valence-electron chi connectivity index (χ0n) is 12.0. The summed E-state index contributed by atoms with van der Waals surface area (Å²) in [4.78, 5) is 12.0. The number of hydrogen-bond acceptors (Lipinski definition) is 6. The first-order valence-electron chi connectivity index (χ1n) is 6.42. The van der Waals surface area contributed by atoms with Crippen molar-refractivity contribution in [2.75, 3.05) is 18.9 Å². The van der Waals surface area contributed by atoms with Gasteiger partial charge in [-0.25, -0.2) is 0 Å². The summed E-state index contributed by atoms with van der Waals surface area (Å²) in [5.74, 6) is 0.574. The SMILES string of the molecule is CCNC(C)(CCSc1nncn1C)C(=O)OCC. The van der Waals surface area contributed by atoms with E-state index in [0.29, 0.717) is 13.0 Å². The van der Waals surface area contributed by atoms with Crippen molar-refractivity contribution in [3.8, 4) is 0 Å². The molecule has 1 aromatic rings. The third kappa shape index (κ3) is 4.50. The fourth-order valence-corrected chi connectivity index (χ4v) is 2.74. The number of carbonyl (C=O) groups excluding carboxylic acids is 1. The molecule has 19 heavy (non-hydrogen) atoms. The highest BCUT2D eigenvalue weighted by Gasteiger charge is 2.33. The smallest absolute Gasteiger partial charge is 0.326 e. The molecule has 1 unspecified atom stereocenters. The first-order valence-corrected chi connectivity index (χ1v) is 7.41. The second-order valence-corrected chi connectivity index (χ2v) is 5.47. The van der Waals surface area contributed by atoms with E-state index in [2.05, 4.69) is 15.5 Å². The number of rotatable bonds is 8. The van der Waals surface area contributed by atoms with Gasteiger partial charge in [0.1, 0.15) is 11.9 Å². The summed E-state index contributed by atoms with van der Waals surface area (Å²) in [6.45, 7) is 6.80. The maximum Gasteiger partial charge on any atom is 0.326 e. The van der Waals surface area contributed by atoms with E-state index in [1.54, 1.807) is 18.1 Å². The number of nitrogens with zero attached hydrogens (tertiary/aromatic N) is 3. The van der Waals surface area contributed by atoms with Crippen LogP contribution in [0.2, 0.25) is 0 Å². The van der Waals surface area contributed by atoms with Crippen molar-refractivity contribution < 1.29 is 9.53 Å². The maximum atomic E-state index is 12.0. The Morgan fingerprint density at radius 1 is 1.58 bits per heavy atom. The van der Waals surface area contributed by atoms with Crippen LogP contribution in [0.3, 0.4) is 0 Å². The number of aryl methyl sites for hydroxylation is 1. The number of ether oxygens (including phenoxy) is 1. The molecule has 0 aliphatic carbocycles. The standard InChI is InChI=1S/C12H22N4O2S/c1-5-13-12(3,10(17)18-6-2)7-8-19-11-15-14-9-16(11)4/h9,13H,5-8H2,1-4H3. The second-order valence-electron chi connectivity index (χ2n) is 4.41. The van der Waals surface area contributed by atoms with Gasteiger partial charge in [-0.3, -0.25) is 4.79 Å². The van der Waals surface area contributed by atoms with E-state index in [9.17, 15) is 4.79 Å². The predicted molar refractivity (Wildman–Crippen MR) is 75.1 cm³/mol. The second kappa shape index (κ2) is 7.49. The Kier molecular flexibility index (Phi) is 6.30. The molecule has 0 bridgehead atoms. The summed E-state index contributed by atoms with van der Waals surface area (Å²) in [7, 11) is 1.90. The molecule has 108 valence electrons. The Labute approximate surface area is 118 Å². The summed E-state index contributed by atoms with van der Waals surface area (Å²) >= 11 is 1.58. The largest absolute Gasteiger partial charge is 0.465 e. The highest BCUT2D eigenvalue weighted by Crippen LogP contribution is 2.20. The average Bonchev–Trinajstić information content (AvgIpc) is 2.76.